The van der Waals surface area contributed by atoms with Crippen LogP contribution in [-0.4, -0.2) is 195 Å². The van der Waals surface area contributed by atoms with Crippen LogP contribution < -0.4 is 58.9 Å². The molecule has 2 aliphatic heterocycles. The average Bonchev–Trinajstić information content (AvgIpc) is 1.65. The summed E-state index contributed by atoms with van der Waals surface area (Å²) < 4.78 is 17.2. The smallest absolute Gasteiger partial charge is 0.469 e. The van der Waals surface area contributed by atoms with Gasteiger partial charge in [0.15, 0.2) is 0 Å². The van der Waals surface area contributed by atoms with Crippen LogP contribution in [0.2, 0.25) is 0 Å². The van der Waals surface area contributed by atoms with Crippen molar-refractivity contribution in [2.24, 2.45) is 17.1 Å². The number of phenols is 2. The molecule has 1 saturated heterocycles. The van der Waals surface area contributed by atoms with E-state index in [9.17, 15) is 77.3 Å². The van der Waals surface area contributed by atoms with Gasteiger partial charge in [0, 0.05) is 73.0 Å². The summed E-state index contributed by atoms with van der Waals surface area (Å²) in [5.74, 6) is -10.5. The van der Waals surface area contributed by atoms with Gasteiger partial charge in [0.1, 0.15) is 82.6 Å². The number of phenolic OH excluding ortho intramolecular Hbond substituents is 2. The fraction of sp³-hybridized carbons (Fsp3) is 0.500. The highest BCUT2D eigenvalue weighted by Crippen LogP contribution is 2.38. The van der Waals surface area contributed by atoms with Crippen molar-refractivity contribution in [3.8, 4) is 11.5 Å². The van der Waals surface area contributed by atoms with E-state index in [1.165, 1.54) is 106 Å². The largest absolute Gasteiger partial charge is 0.508 e. The van der Waals surface area contributed by atoms with Gasteiger partial charge in [0.2, 0.25) is 70.9 Å². The fourth-order valence-corrected chi connectivity index (χ4v) is 14.7. The van der Waals surface area contributed by atoms with Crippen molar-refractivity contribution in [2.45, 2.75) is 204 Å². The zero-order chi connectivity index (χ0) is 80.5. The SMILES string of the molecule is CCC1NC(=O)[C@@H]2CCCN2C(=O)[C@H](Cc2ccc(O)cc2)NC(=O)C(C(C)(C)C)NC(=O)CCSCc2cccc(c2)CSC[C@@H](C(N)=O)NC(=O)C([C@@H](C)OP(=O)(O)O)NC(=O)[C@](C)(C(C)C)NC(=O)[C@H](Cc2ccc(O)cc2)NC(=O)[C@H](C)NC(=O)C(C)(C)NC(=O)[C@H](Cc2c[nH]c3ncccc23)NC1=O. The molecule has 7 rings (SSSR count). The van der Waals surface area contributed by atoms with E-state index in [-0.39, 0.29) is 68.1 Å². The molecule has 109 heavy (non-hydrogen) atoms. The van der Waals surface area contributed by atoms with E-state index in [2.05, 4.69) is 63.1 Å². The number of nitrogens with two attached hydrogens (primary N) is 1. The van der Waals surface area contributed by atoms with Gasteiger partial charge in [-0.3, -0.25) is 62.1 Å². The molecular weight excluding hydrogens is 1470 g/mol. The minimum atomic E-state index is -5.40. The van der Waals surface area contributed by atoms with E-state index in [1.54, 1.807) is 64.4 Å². The molecule has 3 unspecified atom stereocenters. The van der Waals surface area contributed by atoms with E-state index >= 15 is 4.79 Å². The molecule has 4 heterocycles. The summed E-state index contributed by atoms with van der Waals surface area (Å²) in [6.07, 6.45) is 1.22. The molecule has 592 valence electrons. The van der Waals surface area contributed by atoms with Crippen LogP contribution in [0.1, 0.15) is 130 Å². The third-order valence-corrected chi connectivity index (χ3v) is 21.7. The molecule has 32 nitrogen and oxygen atoms in total. The maximum Gasteiger partial charge on any atom is 0.469 e. The van der Waals surface area contributed by atoms with Crippen LogP contribution >= 0.6 is 31.3 Å². The summed E-state index contributed by atoms with van der Waals surface area (Å²) in [5, 5.41) is 47.6. The van der Waals surface area contributed by atoms with E-state index in [1.807, 2.05) is 24.3 Å². The number of phosphoric ester groups is 1. The molecule has 0 spiro atoms. The Labute approximate surface area is 640 Å². The van der Waals surface area contributed by atoms with Gasteiger partial charge in [0.05, 0.1) is 6.10 Å². The first-order valence-electron chi connectivity index (χ1n) is 35.8. The molecular formula is C74H101N14O18PS2. The van der Waals surface area contributed by atoms with E-state index in [0.717, 1.165) is 18.1 Å². The Kier molecular flexibility index (Phi) is 30.3. The number of rotatable bonds is 12. The molecule has 5 aromatic rings. The zero-order valence-electron chi connectivity index (χ0n) is 62.8. The van der Waals surface area contributed by atoms with Crippen LogP contribution in [0.3, 0.4) is 0 Å². The first-order valence-corrected chi connectivity index (χ1v) is 39.6. The lowest BCUT2D eigenvalue weighted by Crippen LogP contribution is -2.67. The number of fused-ring (bicyclic) bond motifs is 4. The topological polar surface area (TPSA) is 490 Å². The molecule has 0 saturated carbocycles. The number of aromatic hydroxyl groups is 2. The van der Waals surface area contributed by atoms with Crippen molar-refractivity contribution in [1.29, 1.82) is 0 Å². The summed E-state index contributed by atoms with van der Waals surface area (Å²) in [6, 6.07) is 9.48. The number of pyridine rings is 1. The van der Waals surface area contributed by atoms with Crippen molar-refractivity contribution >= 4 is 113 Å². The Balaban J connectivity index is 1.21. The van der Waals surface area contributed by atoms with Crippen LogP contribution in [-0.2, 0) is 97.4 Å². The lowest BCUT2D eigenvalue weighted by atomic mass is 9.85. The number of aromatic amines is 1. The first-order chi connectivity index (χ1) is 51.2. The fourth-order valence-electron chi connectivity index (χ4n) is 12.2. The number of amides is 12. The van der Waals surface area contributed by atoms with Gasteiger partial charge in [0.25, 0.3) is 0 Å². The van der Waals surface area contributed by atoms with Crippen LogP contribution in [0, 0.1) is 11.3 Å². The molecule has 3 aromatic carbocycles. The quantitative estimate of drug-likeness (QED) is 0.0797. The van der Waals surface area contributed by atoms with Gasteiger partial charge in [-0.05, 0) is 129 Å². The summed E-state index contributed by atoms with van der Waals surface area (Å²) in [5.41, 5.74) is 4.54. The van der Waals surface area contributed by atoms with Crippen LogP contribution in [0.15, 0.2) is 97.3 Å². The predicted molar refractivity (Wildman–Crippen MR) is 408 cm³/mol. The Bertz CT molecular complexity index is 4170. The number of aromatic nitrogens is 2. The van der Waals surface area contributed by atoms with E-state index < -0.39 is 162 Å². The molecule has 17 N–H and O–H groups in total. The normalized spacial score (nSPS) is 25.0. The van der Waals surface area contributed by atoms with Crippen molar-refractivity contribution in [2.75, 3.05) is 18.1 Å². The summed E-state index contributed by atoms with van der Waals surface area (Å²) >= 11 is 2.62. The molecule has 11 atom stereocenters. The Morgan fingerprint density at radius 3 is 1.85 bits per heavy atom. The lowest BCUT2D eigenvalue weighted by molar-refractivity contribution is -0.143. The highest BCUT2D eigenvalue weighted by Gasteiger charge is 2.46. The molecule has 2 aliphatic rings. The minimum absolute atomic E-state index is 0.0177. The minimum Gasteiger partial charge on any atom is -0.508 e. The monoisotopic (exact) mass is 1570 g/mol. The standard InChI is InChI=1S/C74H101N14O18PS2/c1-12-51-63(94)81-53(35-47-36-77-61-50(47)18-14-29-76-61)64(95)86-73(9,10)70(101)78-41(4)62(93)80-52(33-43-20-24-48(89)25-21-43)65(96)87-74(11,40(2)3)71(102)85-58(42(5)106-107(103,104)105)67(98)83-55(60(75)92)39-109-38-46-17-13-16-45(32-46)37-108-31-28-57(91)84-59(72(6,7)8)68(99)82-54(34-44-22-26-49(90)27-23-44)69(100)88-30-15-19-56(88)66(97)79-51/h13-14,16-18,20-27,29,32,36,40-42,51-56,58-59,89-90H,12,15,19,28,30-31,33-35,37-39H2,1-11H3,(H2,75,92)(H,76,77)(H,78,101)(H,79,97)(H,80,93)(H,81,94)(H,82,99)(H,83,98)(H,84,91)(H,85,102)(H,86,95)(H,87,96)(H2,103,104,105)/t41-,42+,51?,52-,53-,54-,55-,56-,58?,59?,74-/m0/s1. The third kappa shape index (κ3) is 24.7. The van der Waals surface area contributed by atoms with Crippen LogP contribution in [0.4, 0.5) is 0 Å². The molecule has 1 fully saturated rings. The molecule has 2 aromatic heterocycles. The van der Waals surface area contributed by atoms with Crippen LogP contribution in [0.25, 0.3) is 11.0 Å². The number of hydrogen-bond acceptors (Lipinski definition) is 19. The van der Waals surface area contributed by atoms with Crippen molar-refractivity contribution < 1.29 is 86.6 Å². The number of phosphoric acid groups is 1. The highest BCUT2D eigenvalue weighted by atomic mass is 32.2. The number of H-pyrrole nitrogens is 1. The number of nitrogens with one attached hydrogen (secondary N) is 11. The highest BCUT2D eigenvalue weighted by molar-refractivity contribution is 7.98. The average molecular weight is 1570 g/mol. The summed E-state index contributed by atoms with van der Waals surface area (Å²) in [7, 11) is -5.40. The van der Waals surface area contributed by atoms with Gasteiger partial charge >= 0.3 is 7.82 Å². The van der Waals surface area contributed by atoms with Crippen LogP contribution in [0.5, 0.6) is 11.5 Å². The summed E-state index contributed by atoms with van der Waals surface area (Å²) in [4.78, 5) is 202. The second kappa shape index (κ2) is 38.2. The number of benzene rings is 3. The van der Waals surface area contributed by atoms with E-state index in [0.29, 0.717) is 45.7 Å². The second-order valence-electron chi connectivity index (χ2n) is 29.4. The van der Waals surface area contributed by atoms with Gasteiger partial charge in [-0.15, -0.1) is 0 Å². The number of hydrogen-bond donors (Lipinski definition) is 16. The number of primary amides is 1. The number of carbonyl (C=O) groups excluding carboxylic acids is 12. The van der Waals surface area contributed by atoms with Crippen molar-refractivity contribution in [1.82, 2.24) is 68.0 Å². The van der Waals surface area contributed by atoms with E-state index in [4.69, 9.17) is 10.3 Å². The first kappa shape index (κ1) is 86.6. The van der Waals surface area contributed by atoms with Crippen molar-refractivity contribution in [3.05, 3.63) is 125 Å². The second-order valence-corrected chi connectivity index (χ2v) is 32.7. The zero-order valence-corrected chi connectivity index (χ0v) is 65.3. The van der Waals surface area contributed by atoms with Gasteiger partial charge in [-0.25, -0.2) is 9.55 Å². The molecule has 0 aliphatic carbocycles. The van der Waals surface area contributed by atoms with Gasteiger partial charge < -0.3 is 88.8 Å². The molecule has 2 bridgehead atoms. The van der Waals surface area contributed by atoms with Gasteiger partial charge in [-0.2, -0.15) is 23.5 Å². The Hall–Kier alpha value is -9.60. The maximum atomic E-state index is 15.0. The molecule has 35 heteroatoms. The summed E-state index contributed by atoms with van der Waals surface area (Å²) in [6.45, 7) is 16.3. The van der Waals surface area contributed by atoms with Gasteiger partial charge in [-0.1, -0.05) is 90.1 Å². The Morgan fingerprint density at radius 2 is 1.26 bits per heavy atom. The lowest BCUT2D eigenvalue weighted by Gasteiger charge is -2.37. The number of thioether (sulfide) groups is 2. The molecule has 0 radical (unpaired) electrons. The van der Waals surface area contributed by atoms with Crippen molar-refractivity contribution in [3.63, 3.8) is 0 Å². The third-order valence-electron chi connectivity index (χ3n) is 18.9. The number of carbonyl (C=O) groups is 12. The number of nitrogens with zero attached hydrogens (tertiary/aromatic N) is 2. The Morgan fingerprint density at radius 1 is 0.679 bits per heavy atom. The molecule has 12 amide bonds. The maximum absolute atomic E-state index is 15.0. The predicted octanol–water partition coefficient (Wildman–Crippen LogP) is 2.33.